The van der Waals surface area contributed by atoms with Gasteiger partial charge in [0.25, 0.3) is 0 Å². The number of likely N-dealkylation sites (N-methyl/N-ethyl adjacent to an activating group) is 1. The SMILES string of the molecule is CCOC(=O)CN(CC)Cc1cc(-c2ccccc2)no1. The summed E-state index contributed by atoms with van der Waals surface area (Å²) >= 11 is 0. The van der Waals surface area contributed by atoms with Gasteiger partial charge in [-0.05, 0) is 13.5 Å². The molecule has 0 fully saturated rings. The summed E-state index contributed by atoms with van der Waals surface area (Å²) in [6, 6.07) is 11.8. The minimum atomic E-state index is -0.220. The second kappa shape index (κ2) is 7.59. The first-order chi connectivity index (χ1) is 10.2. The fourth-order valence-electron chi connectivity index (χ4n) is 2.02. The van der Waals surface area contributed by atoms with Crippen molar-refractivity contribution in [3.8, 4) is 11.3 Å². The molecule has 112 valence electrons. The zero-order valence-corrected chi connectivity index (χ0v) is 12.4. The highest BCUT2D eigenvalue weighted by atomic mass is 16.5. The predicted molar refractivity (Wildman–Crippen MR) is 79.5 cm³/mol. The first-order valence-corrected chi connectivity index (χ1v) is 7.12. The molecule has 2 aromatic rings. The van der Waals surface area contributed by atoms with Crippen molar-refractivity contribution in [2.24, 2.45) is 0 Å². The number of hydrogen-bond donors (Lipinski definition) is 0. The smallest absolute Gasteiger partial charge is 0.320 e. The number of carbonyl (C=O) groups excluding carboxylic acids is 1. The lowest BCUT2D eigenvalue weighted by atomic mass is 10.1. The maximum atomic E-state index is 11.5. The summed E-state index contributed by atoms with van der Waals surface area (Å²) in [7, 11) is 0. The van der Waals surface area contributed by atoms with E-state index in [2.05, 4.69) is 5.16 Å². The van der Waals surface area contributed by atoms with Gasteiger partial charge < -0.3 is 9.26 Å². The lowest BCUT2D eigenvalue weighted by molar-refractivity contribution is -0.144. The molecule has 0 saturated carbocycles. The number of carbonyl (C=O) groups is 1. The highest BCUT2D eigenvalue weighted by Gasteiger charge is 2.13. The van der Waals surface area contributed by atoms with E-state index in [1.165, 1.54) is 0 Å². The van der Waals surface area contributed by atoms with Gasteiger partial charge in [-0.1, -0.05) is 42.4 Å². The average Bonchev–Trinajstić information content (AvgIpc) is 2.96. The van der Waals surface area contributed by atoms with Gasteiger partial charge in [-0.2, -0.15) is 0 Å². The van der Waals surface area contributed by atoms with Crippen LogP contribution in [0.5, 0.6) is 0 Å². The molecule has 0 aliphatic rings. The molecule has 0 saturated heterocycles. The number of ether oxygens (including phenoxy) is 1. The summed E-state index contributed by atoms with van der Waals surface area (Å²) in [4.78, 5) is 13.5. The van der Waals surface area contributed by atoms with Crippen LogP contribution < -0.4 is 0 Å². The van der Waals surface area contributed by atoms with Gasteiger partial charge in [-0.15, -0.1) is 0 Å². The number of hydrogen-bond acceptors (Lipinski definition) is 5. The van der Waals surface area contributed by atoms with Crippen LogP contribution >= 0.6 is 0 Å². The largest absolute Gasteiger partial charge is 0.465 e. The number of rotatable bonds is 7. The molecule has 0 aliphatic carbocycles. The third-order valence-corrected chi connectivity index (χ3v) is 3.11. The highest BCUT2D eigenvalue weighted by molar-refractivity contribution is 5.71. The molecule has 5 nitrogen and oxygen atoms in total. The predicted octanol–water partition coefficient (Wildman–Crippen LogP) is 2.73. The van der Waals surface area contributed by atoms with Crippen LogP contribution in [0.4, 0.5) is 0 Å². The van der Waals surface area contributed by atoms with Crippen LogP contribution in [0.2, 0.25) is 0 Å². The fourth-order valence-corrected chi connectivity index (χ4v) is 2.02. The molecule has 0 amide bonds. The van der Waals surface area contributed by atoms with Crippen LogP contribution in [0.3, 0.4) is 0 Å². The van der Waals surface area contributed by atoms with Crippen molar-refractivity contribution in [1.29, 1.82) is 0 Å². The lowest BCUT2D eigenvalue weighted by Gasteiger charge is -2.17. The maximum absolute atomic E-state index is 11.5. The zero-order valence-electron chi connectivity index (χ0n) is 12.4. The Balaban J connectivity index is 1.99. The standard InChI is InChI=1S/C16H20N2O3/c1-3-18(12-16(19)20-4-2)11-14-10-15(17-21-14)13-8-6-5-7-9-13/h5-10H,3-4,11-12H2,1-2H3. The van der Waals surface area contributed by atoms with E-state index in [0.717, 1.165) is 23.6 Å². The summed E-state index contributed by atoms with van der Waals surface area (Å²) in [6.45, 7) is 5.72. The molecule has 1 aromatic carbocycles. The minimum Gasteiger partial charge on any atom is -0.465 e. The molecule has 1 aromatic heterocycles. The molecule has 0 unspecified atom stereocenters. The van der Waals surface area contributed by atoms with Gasteiger partial charge in [0.05, 0.1) is 19.7 Å². The molecule has 0 N–H and O–H groups in total. The van der Waals surface area contributed by atoms with Crippen molar-refractivity contribution in [3.05, 3.63) is 42.2 Å². The summed E-state index contributed by atoms with van der Waals surface area (Å²) in [6.07, 6.45) is 0. The van der Waals surface area contributed by atoms with Gasteiger partial charge >= 0.3 is 5.97 Å². The molecule has 0 radical (unpaired) electrons. The van der Waals surface area contributed by atoms with Gasteiger partial charge in [0.15, 0.2) is 5.76 Å². The number of benzene rings is 1. The lowest BCUT2D eigenvalue weighted by Crippen LogP contribution is -2.30. The van der Waals surface area contributed by atoms with Crippen LogP contribution in [-0.2, 0) is 16.1 Å². The number of esters is 1. The van der Waals surface area contributed by atoms with Gasteiger partial charge in [0.2, 0.25) is 0 Å². The molecule has 1 heterocycles. The number of nitrogens with zero attached hydrogens (tertiary/aromatic N) is 2. The van der Waals surface area contributed by atoms with Gasteiger partial charge in [-0.25, -0.2) is 0 Å². The highest BCUT2D eigenvalue weighted by Crippen LogP contribution is 2.19. The van der Waals surface area contributed by atoms with E-state index in [4.69, 9.17) is 9.26 Å². The normalized spacial score (nSPS) is 10.8. The molecule has 0 bridgehead atoms. The van der Waals surface area contributed by atoms with Crippen LogP contribution in [0, 0.1) is 0 Å². The van der Waals surface area contributed by atoms with Crippen molar-refractivity contribution in [3.63, 3.8) is 0 Å². The van der Waals surface area contributed by atoms with E-state index in [1.54, 1.807) is 6.92 Å². The Bertz CT molecular complexity index is 566. The van der Waals surface area contributed by atoms with Crippen molar-refractivity contribution < 1.29 is 14.1 Å². The van der Waals surface area contributed by atoms with Crippen molar-refractivity contribution >= 4 is 5.97 Å². The Hall–Kier alpha value is -2.14. The summed E-state index contributed by atoms with van der Waals surface area (Å²) < 4.78 is 10.3. The molecular formula is C16H20N2O3. The summed E-state index contributed by atoms with van der Waals surface area (Å²) in [5, 5.41) is 4.07. The van der Waals surface area contributed by atoms with E-state index in [1.807, 2.05) is 48.2 Å². The van der Waals surface area contributed by atoms with E-state index in [-0.39, 0.29) is 12.5 Å². The molecule has 0 aliphatic heterocycles. The Labute approximate surface area is 124 Å². The Kier molecular flexibility index (Phi) is 5.51. The fraction of sp³-hybridized carbons (Fsp3) is 0.375. The third kappa shape index (κ3) is 4.43. The van der Waals surface area contributed by atoms with Crippen molar-refractivity contribution in [1.82, 2.24) is 10.1 Å². The molecule has 5 heteroatoms. The van der Waals surface area contributed by atoms with Crippen LogP contribution in [0.15, 0.2) is 40.9 Å². The van der Waals surface area contributed by atoms with E-state index in [9.17, 15) is 4.79 Å². The van der Waals surface area contributed by atoms with Gasteiger partial charge in [0, 0.05) is 11.6 Å². The Morgan fingerprint density at radius 3 is 2.71 bits per heavy atom. The second-order valence-electron chi connectivity index (χ2n) is 4.65. The molecule has 0 spiro atoms. The van der Waals surface area contributed by atoms with Crippen molar-refractivity contribution in [2.75, 3.05) is 19.7 Å². The van der Waals surface area contributed by atoms with Crippen LogP contribution in [-0.4, -0.2) is 35.7 Å². The molecular weight excluding hydrogens is 268 g/mol. The third-order valence-electron chi connectivity index (χ3n) is 3.11. The Morgan fingerprint density at radius 2 is 2.05 bits per heavy atom. The second-order valence-corrected chi connectivity index (χ2v) is 4.65. The van der Waals surface area contributed by atoms with E-state index >= 15 is 0 Å². The monoisotopic (exact) mass is 288 g/mol. The van der Waals surface area contributed by atoms with Crippen LogP contribution in [0.1, 0.15) is 19.6 Å². The molecule has 2 rings (SSSR count). The van der Waals surface area contributed by atoms with E-state index < -0.39 is 0 Å². The molecule has 0 atom stereocenters. The average molecular weight is 288 g/mol. The first kappa shape index (κ1) is 15.3. The van der Waals surface area contributed by atoms with Gasteiger partial charge in [-0.3, -0.25) is 9.69 Å². The van der Waals surface area contributed by atoms with Gasteiger partial charge in [0.1, 0.15) is 5.69 Å². The minimum absolute atomic E-state index is 0.220. The number of aromatic nitrogens is 1. The molecule has 21 heavy (non-hydrogen) atoms. The Morgan fingerprint density at radius 1 is 1.29 bits per heavy atom. The van der Waals surface area contributed by atoms with Crippen molar-refractivity contribution in [2.45, 2.75) is 20.4 Å². The quantitative estimate of drug-likeness (QED) is 0.733. The summed E-state index contributed by atoms with van der Waals surface area (Å²) in [5.41, 5.74) is 1.82. The van der Waals surface area contributed by atoms with Crippen LogP contribution in [0.25, 0.3) is 11.3 Å². The zero-order chi connectivity index (χ0) is 15.1. The maximum Gasteiger partial charge on any atom is 0.320 e. The first-order valence-electron chi connectivity index (χ1n) is 7.12. The van der Waals surface area contributed by atoms with E-state index in [0.29, 0.717) is 13.2 Å². The summed E-state index contributed by atoms with van der Waals surface area (Å²) in [5.74, 6) is 0.516. The topological polar surface area (TPSA) is 55.6 Å².